The summed E-state index contributed by atoms with van der Waals surface area (Å²) in [6, 6.07) is 2.19. The number of alkyl halides is 3. The third-order valence-electron chi connectivity index (χ3n) is 3.87. The van der Waals surface area contributed by atoms with Gasteiger partial charge in [0.2, 0.25) is 10.0 Å². The highest BCUT2D eigenvalue weighted by atomic mass is 32.2. The van der Waals surface area contributed by atoms with Crippen molar-refractivity contribution < 1.29 is 41.3 Å². The SMILES string of the molecule is O=C(O)[C@H]1C[C@H](CO)CCN1S(=O)(=O)c1ccc(OC(F)(F)F)cc1. The first-order valence-electron chi connectivity index (χ1n) is 7.26. The summed E-state index contributed by atoms with van der Waals surface area (Å²) in [6.07, 6.45) is -4.66. The maximum absolute atomic E-state index is 12.6. The molecule has 1 heterocycles. The van der Waals surface area contributed by atoms with Crippen molar-refractivity contribution in [2.45, 2.75) is 30.1 Å². The van der Waals surface area contributed by atoms with Crippen LogP contribution in [0.25, 0.3) is 0 Å². The normalized spacial score (nSPS) is 22.6. The van der Waals surface area contributed by atoms with Gasteiger partial charge in [0.05, 0.1) is 4.90 Å². The average Bonchev–Trinajstić information content (AvgIpc) is 2.53. The first-order valence-corrected chi connectivity index (χ1v) is 8.70. The summed E-state index contributed by atoms with van der Waals surface area (Å²) in [5.74, 6) is -2.26. The zero-order valence-electron chi connectivity index (χ0n) is 12.8. The summed E-state index contributed by atoms with van der Waals surface area (Å²) < 4.78 is 66.2. The number of carbonyl (C=O) groups is 1. The van der Waals surface area contributed by atoms with Crippen LogP contribution in [0, 0.1) is 5.92 Å². The number of piperidine rings is 1. The van der Waals surface area contributed by atoms with Crippen LogP contribution in [0.2, 0.25) is 0 Å². The molecule has 7 nitrogen and oxygen atoms in total. The fraction of sp³-hybridized carbons (Fsp3) is 0.500. The number of rotatable bonds is 5. The van der Waals surface area contributed by atoms with Crippen molar-refractivity contribution in [1.82, 2.24) is 4.31 Å². The van der Waals surface area contributed by atoms with Gasteiger partial charge in [-0.05, 0) is 43.0 Å². The van der Waals surface area contributed by atoms with Gasteiger partial charge in [0.15, 0.2) is 0 Å². The summed E-state index contributed by atoms with van der Waals surface area (Å²) in [4.78, 5) is 11.0. The number of aliphatic hydroxyl groups is 1. The van der Waals surface area contributed by atoms with Gasteiger partial charge in [-0.15, -0.1) is 13.2 Å². The summed E-state index contributed by atoms with van der Waals surface area (Å²) in [6.45, 7) is -0.355. The predicted molar refractivity (Wildman–Crippen MR) is 78.3 cm³/mol. The minimum absolute atomic E-state index is 0.0413. The van der Waals surface area contributed by atoms with Crippen LogP contribution in [0.15, 0.2) is 29.2 Å². The van der Waals surface area contributed by atoms with Crippen LogP contribution in [0.5, 0.6) is 5.75 Å². The maximum atomic E-state index is 12.6. The number of carboxylic acid groups (broad SMARTS) is 1. The van der Waals surface area contributed by atoms with Gasteiger partial charge in [0.1, 0.15) is 11.8 Å². The zero-order chi connectivity index (χ0) is 18.8. The Morgan fingerprint density at radius 1 is 1.28 bits per heavy atom. The van der Waals surface area contributed by atoms with Crippen LogP contribution in [0.1, 0.15) is 12.8 Å². The highest BCUT2D eigenvalue weighted by molar-refractivity contribution is 7.89. The molecular weight excluding hydrogens is 367 g/mol. The fourth-order valence-corrected chi connectivity index (χ4v) is 4.25. The van der Waals surface area contributed by atoms with E-state index in [9.17, 15) is 31.5 Å². The van der Waals surface area contributed by atoms with Gasteiger partial charge in [-0.1, -0.05) is 0 Å². The zero-order valence-corrected chi connectivity index (χ0v) is 13.6. The molecule has 0 saturated carbocycles. The lowest BCUT2D eigenvalue weighted by Gasteiger charge is -2.35. The molecule has 1 aromatic rings. The van der Waals surface area contributed by atoms with E-state index in [0.717, 1.165) is 28.6 Å². The van der Waals surface area contributed by atoms with Gasteiger partial charge >= 0.3 is 12.3 Å². The molecule has 0 aromatic heterocycles. The molecule has 1 saturated heterocycles. The number of carboxylic acids is 1. The lowest BCUT2D eigenvalue weighted by Crippen LogP contribution is -2.50. The van der Waals surface area contributed by atoms with Gasteiger partial charge in [0, 0.05) is 13.2 Å². The van der Waals surface area contributed by atoms with Crippen LogP contribution < -0.4 is 4.74 Å². The topological polar surface area (TPSA) is 104 Å². The minimum Gasteiger partial charge on any atom is -0.480 e. The van der Waals surface area contributed by atoms with Crippen molar-refractivity contribution in [3.05, 3.63) is 24.3 Å². The van der Waals surface area contributed by atoms with Gasteiger partial charge in [-0.25, -0.2) is 8.42 Å². The van der Waals surface area contributed by atoms with E-state index in [-0.39, 0.29) is 36.8 Å². The second-order valence-electron chi connectivity index (χ2n) is 5.56. The van der Waals surface area contributed by atoms with Gasteiger partial charge in [-0.2, -0.15) is 4.31 Å². The Hall–Kier alpha value is -1.85. The Morgan fingerprint density at radius 3 is 2.36 bits per heavy atom. The van der Waals surface area contributed by atoms with Crippen molar-refractivity contribution in [2.75, 3.05) is 13.2 Å². The molecule has 25 heavy (non-hydrogen) atoms. The molecule has 0 radical (unpaired) electrons. The molecule has 1 aromatic carbocycles. The maximum Gasteiger partial charge on any atom is 0.573 e. The quantitative estimate of drug-likeness (QED) is 0.797. The molecule has 0 spiro atoms. The lowest BCUT2D eigenvalue weighted by molar-refractivity contribution is -0.274. The van der Waals surface area contributed by atoms with Crippen LogP contribution in [-0.2, 0) is 14.8 Å². The Balaban J connectivity index is 2.26. The minimum atomic E-state index is -4.90. The lowest BCUT2D eigenvalue weighted by atomic mass is 9.93. The second-order valence-corrected chi connectivity index (χ2v) is 7.45. The van der Waals surface area contributed by atoms with E-state index in [1.54, 1.807) is 0 Å². The first-order chi connectivity index (χ1) is 11.5. The molecule has 0 amide bonds. The molecule has 11 heteroatoms. The summed E-state index contributed by atoms with van der Waals surface area (Å²) in [5, 5.41) is 18.4. The number of hydrogen-bond donors (Lipinski definition) is 2. The van der Waals surface area contributed by atoms with E-state index in [1.807, 2.05) is 0 Å². The standard InChI is InChI=1S/C14H16F3NO6S/c15-14(16,17)24-10-1-3-11(4-2-10)25(22,23)18-6-5-9(8-19)7-12(18)13(20)21/h1-4,9,12,19H,5-8H2,(H,20,21)/t9-,12-/m1/s1. The molecule has 0 unspecified atom stereocenters. The second kappa shape index (κ2) is 7.18. The summed E-state index contributed by atoms with van der Waals surface area (Å²) >= 11 is 0. The van der Waals surface area contributed by atoms with Crippen LogP contribution in [0.3, 0.4) is 0 Å². The number of nitrogens with zero attached hydrogens (tertiary/aromatic N) is 1. The molecule has 1 fully saturated rings. The van der Waals surface area contributed by atoms with Crippen LogP contribution in [0.4, 0.5) is 13.2 Å². The molecule has 0 bridgehead atoms. The van der Waals surface area contributed by atoms with Gasteiger partial charge in [0.25, 0.3) is 0 Å². The summed E-state index contributed by atoms with van der Waals surface area (Å²) in [5.41, 5.74) is 0. The third-order valence-corrected chi connectivity index (χ3v) is 5.79. The fourth-order valence-electron chi connectivity index (χ4n) is 2.64. The number of sulfonamides is 1. The Bertz CT molecular complexity index is 719. The first kappa shape index (κ1) is 19.5. The molecule has 2 N–H and O–H groups in total. The Morgan fingerprint density at radius 2 is 1.88 bits per heavy atom. The number of aliphatic hydroxyl groups excluding tert-OH is 1. The monoisotopic (exact) mass is 383 g/mol. The largest absolute Gasteiger partial charge is 0.573 e. The number of benzene rings is 1. The molecule has 140 valence electrons. The number of ether oxygens (including phenoxy) is 1. The van der Waals surface area contributed by atoms with Crippen molar-refractivity contribution in [2.24, 2.45) is 5.92 Å². The molecule has 2 rings (SSSR count). The van der Waals surface area contributed by atoms with Crippen molar-refractivity contribution in [1.29, 1.82) is 0 Å². The van der Waals surface area contributed by atoms with Crippen molar-refractivity contribution in [3.63, 3.8) is 0 Å². The van der Waals surface area contributed by atoms with E-state index in [2.05, 4.69) is 4.74 Å². The van der Waals surface area contributed by atoms with Crippen molar-refractivity contribution in [3.8, 4) is 5.75 Å². The highest BCUT2D eigenvalue weighted by Gasteiger charge is 2.40. The van der Waals surface area contributed by atoms with Crippen LogP contribution in [-0.4, -0.2) is 54.5 Å². The molecule has 2 atom stereocenters. The van der Waals surface area contributed by atoms with Gasteiger partial charge in [-0.3, -0.25) is 4.79 Å². The van der Waals surface area contributed by atoms with Crippen LogP contribution >= 0.6 is 0 Å². The Labute approximate surface area is 141 Å². The van der Waals surface area contributed by atoms with E-state index in [0.29, 0.717) is 0 Å². The number of hydrogen-bond acceptors (Lipinski definition) is 5. The highest BCUT2D eigenvalue weighted by Crippen LogP contribution is 2.30. The number of aliphatic carboxylic acids is 1. The predicted octanol–water partition coefficient (Wildman–Crippen LogP) is 1.43. The van der Waals surface area contributed by atoms with E-state index in [4.69, 9.17) is 5.11 Å². The van der Waals surface area contributed by atoms with Gasteiger partial charge < -0.3 is 14.9 Å². The molecule has 1 aliphatic rings. The molecule has 0 aliphatic carbocycles. The molecule has 1 aliphatic heterocycles. The smallest absolute Gasteiger partial charge is 0.480 e. The van der Waals surface area contributed by atoms with E-state index < -0.39 is 34.1 Å². The average molecular weight is 383 g/mol. The third kappa shape index (κ3) is 4.61. The Kier molecular flexibility index (Phi) is 5.59. The number of halogens is 3. The van der Waals surface area contributed by atoms with Crippen molar-refractivity contribution >= 4 is 16.0 Å². The summed E-state index contributed by atoms with van der Waals surface area (Å²) in [7, 11) is -4.21. The van der Waals surface area contributed by atoms with E-state index >= 15 is 0 Å². The van der Waals surface area contributed by atoms with E-state index in [1.165, 1.54) is 0 Å². The molecular formula is C14H16F3NO6S.